The first-order valence-electron chi connectivity index (χ1n) is 2.43. The Bertz CT molecular complexity index is 167. The Morgan fingerprint density at radius 1 is 1.33 bits per heavy atom. The standard InChI is InChI=1S/C2H2O4.CH6NO3P/c3-1(4)2(5)6;2-1-5-6(3)4/h(H,3,4)(H,5,6);6H,1-2H2,(H,3,4). The number of nitrogens with two attached hydrogens (primary N) is 1. The van der Waals surface area contributed by atoms with Gasteiger partial charge in [0.1, 0.15) is 6.73 Å². The SMILES string of the molecule is NCO[PH](=O)O.O=C(O)C(=O)O. The molecule has 8 nitrogen and oxygen atoms in total. The molecule has 0 radical (unpaired) electrons. The van der Waals surface area contributed by atoms with Gasteiger partial charge in [-0.05, 0) is 0 Å². The lowest BCUT2D eigenvalue weighted by Gasteiger charge is -1.87. The van der Waals surface area contributed by atoms with Crippen LogP contribution in [0.2, 0.25) is 0 Å². The summed E-state index contributed by atoms with van der Waals surface area (Å²) >= 11 is 0. The highest BCUT2D eigenvalue weighted by Gasteiger charge is 2.04. The van der Waals surface area contributed by atoms with Crippen molar-refractivity contribution in [3.63, 3.8) is 0 Å². The first-order valence-corrected chi connectivity index (χ1v) is 3.70. The summed E-state index contributed by atoms with van der Waals surface area (Å²) in [7, 11) is -2.76. The monoisotopic (exact) mass is 201 g/mol. The number of hydrogen-bond acceptors (Lipinski definition) is 5. The normalized spacial score (nSPS) is 10.8. The molecule has 0 heterocycles. The highest BCUT2D eigenvalue weighted by atomic mass is 31.1. The molecular formula is C3H8NO7P. The highest BCUT2D eigenvalue weighted by Crippen LogP contribution is 2.11. The minimum atomic E-state index is -2.76. The third-order valence-corrected chi connectivity index (χ3v) is 0.803. The van der Waals surface area contributed by atoms with Gasteiger partial charge < -0.3 is 20.8 Å². The summed E-state index contributed by atoms with van der Waals surface area (Å²) in [5.74, 6) is -3.65. The quantitative estimate of drug-likeness (QED) is 0.238. The molecule has 0 aromatic heterocycles. The van der Waals surface area contributed by atoms with E-state index >= 15 is 0 Å². The zero-order valence-corrected chi connectivity index (χ0v) is 6.76. The number of carboxylic acids is 2. The molecule has 0 aromatic rings. The molecule has 0 bridgehead atoms. The Labute approximate surface area is 67.5 Å². The van der Waals surface area contributed by atoms with Gasteiger partial charge in [0.15, 0.2) is 0 Å². The number of hydrogen-bond donors (Lipinski definition) is 4. The van der Waals surface area contributed by atoms with Gasteiger partial charge in [0.05, 0.1) is 0 Å². The van der Waals surface area contributed by atoms with Gasteiger partial charge >= 0.3 is 20.2 Å². The second-order valence-corrected chi connectivity index (χ2v) is 2.01. The van der Waals surface area contributed by atoms with Crippen molar-refractivity contribution in [1.82, 2.24) is 0 Å². The molecule has 1 unspecified atom stereocenters. The minimum absolute atomic E-state index is 0.186. The summed E-state index contributed by atoms with van der Waals surface area (Å²) in [4.78, 5) is 26.0. The van der Waals surface area contributed by atoms with Crippen LogP contribution in [-0.2, 0) is 18.7 Å². The van der Waals surface area contributed by atoms with Crippen LogP contribution in [0, 0.1) is 0 Å². The molecule has 72 valence electrons. The van der Waals surface area contributed by atoms with E-state index < -0.39 is 20.2 Å². The molecule has 0 amide bonds. The van der Waals surface area contributed by atoms with Crippen molar-refractivity contribution in [1.29, 1.82) is 0 Å². The van der Waals surface area contributed by atoms with Crippen LogP contribution in [-0.4, -0.2) is 33.8 Å². The second-order valence-electron chi connectivity index (χ2n) is 1.19. The molecule has 0 aliphatic carbocycles. The van der Waals surface area contributed by atoms with Crippen molar-refractivity contribution in [3.05, 3.63) is 0 Å². The highest BCUT2D eigenvalue weighted by molar-refractivity contribution is 7.32. The average Bonchev–Trinajstić information content (AvgIpc) is 1.87. The lowest BCUT2D eigenvalue weighted by Crippen LogP contribution is -2.09. The van der Waals surface area contributed by atoms with Gasteiger partial charge in [-0.15, -0.1) is 0 Å². The molecule has 0 aliphatic heterocycles. The van der Waals surface area contributed by atoms with Crippen molar-refractivity contribution < 1.29 is 33.8 Å². The van der Waals surface area contributed by atoms with Gasteiger partial charge in [-0.25, -0.2) is 9.59 Å². The predicted molar refractivity (Wildman–Crippen MR) is 36.6 cm³/mol. The summed E-state index contributed by atoms with van der Waals surface area (Å²) in [6.07, 6.45) is 0. The lowest BCUT2D eigenvalue weighted by atomic mass is 10.7. The molecule has 12 heavy (non-hydrogen) atoms. The van der Waals surface area contributed by atoms with Crippen LogP contribution in [0.4, 0.5) is 0 Å². The van der Waals surface area contributed by atoms with E-state index in [1.54, 1.807) is 0 Å². The summed E-state index contributed by atoms with van der Waals surface area (Å²) in [5, 5.41) is 14.8. The summed E-state index contributed by atoms with van der Waals surface area (Å²) < 4.78 is 13.4. The molecular weight excluding hydrogens is 193 g/mol. The molecule has 0 rings (SSSR count). The zero-order valence-electron chi connectivity index (χ0n) is 5.76. The maximum atomic E-state index is 9.48. The number of carbonyl (C=O) groups is 2. The minimum Gasteiger partial charge on any atom is -0.473 e. The topological polar surface area (TPSA) is 147 Å². The maximum absolute atomic E-state index is 9.48. The largest absolute Gasteiger partial charge is 0.473 e. The van der Waals surface area contributed by atoms with E-state index in [2.05, 4.69) is 10.3 Å². The fourth-order valence-corrected chi connectivity index (χ4v) is 0.214. The lowest BCUT2D eigenvalue weighted by molar-refractivity contribution is -0.159. The van der Waals surface area contributed by atoms with E-state index in [-0.39, 0.29) is 6.73 Å². The molecule has 1 atom stereocenters. The Morgan fingerprint density at radius 2 is 1.67 bits per heavy atom. The van der Waals surface area contributed by atoms with Gasteiger partial charge in [-0.1, -0.05) is 0 Å². The molecule has 0 fully saturated rings. The van der Waals surface area contributed by atoms with Gasteiger partial charge in [0, 0.05) is 0 Å². The van der Waals surface area contributed by atoms with Gasteiger partial charge in [-0.3, -0.25) is 9.09 Å². The molecule has 0 aromatic carbocycles. The third kappa shape index (κ3) is 16.0. The van der Waals surface area contributed by atoms with Crippen LogP contribution in [0.25, 0.3) is 0 Å². The summed E-state index contributed by atoms with van der Waals surface area (Å²) in [6, 6.07) is 0. The van der Waals surface area contributed by atoms with Gasteiger partial charge in [0.25, 0.3) is 0 Å². The Morgan fingerprint density at radius 3 is 1.67 bits per heavy atom. The Balaban J connectivity index is 0. The van der Waals surface area contributed by atoms with Crippen LogP contribution in [0.1, 0.15) is 0 Å². The van der Waals surface area contributed by atoms with E-state index in [1.807, 2.05) is 0 Å². The third-order valence-electron chi connectivity index (χ3n) is 0.390. The first-order chi connectivity index (χ1) is 5.41. The van der Waals surface area contributed by atoms with Crippen LogP contribution in [0.15, 0.2) is 0 Å². The first kappa shape index (κ1) is 13.6. The van der Waals surface area contributed by atoms with E-state index in [0.29, 0.717) is 0 Å². The smallest absolute Gasteiger partial charge is 0.414 e. The van der Waals surface area contributed by atoms with E-state index in [9.17, 15) is 4.57 Å². The fourth-order valence-electron chi connectivity index (χ4n) is 0.0713. The van der Waals surface area contributed by atoms with Crippen LogP contribution in [0.5, 0.6) is 0 Å². The van der Waals surface area contributed by atoms with Crippen molar-refractivity contribution in [2.24, 2.45) is 5.73 Å². The number of rotatable bonds is 2. The van der Waals surface area contributed by atoms with Gasteiger partial charge in [-0.2, -0.15) is 0 Å². The Kier molecular flexibility index (Phi) is 9.25. The van der Waals surface area contributed by atoms with Crippen molar-refractivity contribution in [2.45, 2.75) is 0 Å². The molecule has 9 heteroatoms. The molecule has 0 aliphatic rings. The summed E-state index contributed by atoms with van der Waals surface area (Å²) in [5.41, 5.74) is 4.67. The van der Waals surface area contributed by atoms with Gasteiger partial charge in [0.2, 0.25) is 0 Å². The molecule has 5 N–H and O–H groups in total. The van der Waals surface area contributed by atoms with Crippen molar-refractivity contribution >= 4 is 20.2 Å². The maximum Gasteiger partial charge on any atom is 0.414 e. The Hall–Kier alpha value is -0.950. The summed E-state index contributed by atoms with van der Waals surface area (Å²) in [6.45, 7) is -0.186. The molecule has 0 spiro atoms. The number of aliphatic carboxylic acids is 2. The van der Waals surface area contributed by atoms with Crippen molar-refractivity contribution in [3.8, 4) is 0 Å². The van der Waals surface area contributed by atoms with Crippen LogP contribution >= 0.6 is 8.25 Å². The van der Waals surface area contributed by atoms with Crippen LogP contribution < -0.4 is 5.73 Å². The van der Waals surface area contributed by atoms with E-state index in [4.69, 9.17) is 24.7 Å². The van der Waals surface area contributed by atoms with Crippen LogP contribution in [0.3, 0.4) is 0 Å². The molecule has 0 saturated carbocycles. The fraction of sp³-hybridized carbons (Fsp3) is 0.333. The zero-order chi connectivity index (χ0) is 10.1. The number of carboxylic acid groups (broad SMARTS) is 2. The van der Waals surface area contributed by atoms with E-state index in [1.165, 1.54) is 0 Å². The van der Waals surface area contributed by atoms with E-state index in [0.717, 1.165) is 0 Å². The molecule has 0 saturated heterocycles. The second kappa shape index (κ2) is 8.15. The van der Waals surface area contributed by atoms with Crippen molar-refractivity contribution in [2.75, 3.05) is 6.73 Å². The average molecular weight is 201 g/mol. The predicted octanol–water partition coefficient (Wildman–Crippen LogP) is -1.54.